The quantitative estimate of drug-likeness (QED) is 0.801. The van der Waals surface area contributed by atoms with Gasteiger partial charge in [-0.2, -0.15) is 5.10 Å². The molecule has 110 valence electrons. The monoisotopic (exact) mass is 305 g/mol. The number of aldehydes is 1. The number of aromatic nitrogens is 3. The molecule has 3 heterocycles. The molecule has 1 aliphatic rings. The highest BCUT2D eigenvalue weighted by molar-refractivity contribution is 7.91. The number of carbonyl (C=O) groups is 1. The molecule has 0 bridgehead atoms. The Hall–Kier alpha value is -2.02. The van der Waals surface area contributed by atoms with Crippen molar-refractivity contribution in [3.8, 4) is 11.3 Å². The van der Waals surface area contributed by atoms with E-state index in [1.807, 2.05) is 13.0 Å². The van der Waals surface area contributed by atoms with E-state index in [2.05, 4.69) is 10.1 Å². The third-order valence-electron chi connectivity index (χ3n) is 3.62. The Bertz CT molecular complexity index is 796. The molecular formula is C14H15N3O3S. The molecule has 1 saturated heterocycles. The summed E-state index contributed by atoms with van der Waals surface area (Å²) in [5, 5.41) is 4.42. The van der Waals surface area contributed by atoms with E-state index in [1.54, 1.807) is 23.3 Å². The number of hydrogen-bond acceptors (Lipinski definition) is 5. The lowest BCUT2D eigenvalue weighted by Gasteiger charge is -2.07. The number of sulfone groups is 1. The Kier molecular flexibility index (Phi) is 3.36. The normalized spacial score (nSPS) is 20.5. The number of rotatable bonds is 3. The molecule has 21 heavy (non-hydrogen) atoms. The molecule has 1 unspecified atom stereocenters. The van der Waals surface area contributed by atoms with Crippen LogP contribution in [0.1, 0.15) is 28.4 Å². The summed E-state index contributed by atoms with van der Waals surface area (Å²) in [4.78, 5) is 15.4. The Morgan fingerprint density at radius 1 is 1.38 bits per heavy atom. The van der Waals surface area contributed by atoms with Crippen LogP contribution in [0.25, 0.3) is 11.3 Å². The lowest BCUT2D eigenvalue weighted by atomic mass is 10.1. The Morgan fingerprint density at radius 3 is 2.81 bits per heavy atom. The number of pyridine rings is 1. The van der Waals surface area contributed by atoms with Crippen molar-refractivity contribution in [3.63, 3.8) is 0 Å². The molecule has 6 nitrogen and oxygen atoms in total. The van der Waals surface area contributed by atoms with Gasteiger partial charge in [-0.05, 0) is 25.0 Å². The Labute approximate surface area is 122 Å². The molecule has 0 aliphatic carbocycles. The summed E-state index contributed by atoms with van der Waals surface area (Å²) in [7, 11) is -2.99. The minimum atomic E-state index is -2.99. The molecule has 1 fully saturated rings. The summed E-state index contributed by atoms with van der Waals surface area (Å²) in [6.07, 6.45) is 6.28. The zero-order valence-corrected chi connectivity index (χ0v) is 12.4. The second kappa shape index (κ2) is 5.07. The van der Waals surface area contributed by atoms with E-state index in [9.17, 15) is 13.2 Å². The zero-order valence-electron chi connectivity index (χ0n) is 11.6. The lowest BCUT2D eigenvalue weighted by Crippen LogP contribution is -2.11. The predicted octanol–water partition coefficient (Wildman–Crippen LogP) is 1.43. The molecule has 2 aromatic rings. The first kappa shape index (κ1) is 13.9. The minimum Gasteiger partial charge on any atom is -0.298 e. The number of hydrogen-bond donors (Lipinski definition) is 0. The SMILES string of the molecule is Cc1cncc(-c2nn(C3CCS(=O)(=O)C3)cc2C=O)c1. The molecular weight excluding hydrogens is 290 g/mol. The molecule has 7 heteroatoms. The van der Waals surface area contributed by atoms with Crippen molar-refractivity contribution in [2.75, 3.05) is 11.5 Å². The summed E-state index contributed by atoms with van der Waals surface area (Å²) in [6.45, 7) is 1.91. The fourth-order valence-electron chi connectivity index (χ4n) is 2.57. The van der Waals surface area contributed by atoms with Gasteiger partial charge in [0.1, 0.15) is 5.69 Å². The van der Waals surface area contributed by atoms with Crippen LogP contribution in [-0.2, 0) is 9.84 Å². The summed E-state index contributed by atoms with van der Waals surface area (Å²) in [5.74, 6) is 0.258. The second-order valence-corrected chi connectivity index (χ2v) is 7.57. The van der Waals surface area contributed by atoms with Crippen LogP contribution in [0.3, 0.4) is 0 Å². The zero-order chi connectivity index (χ0) is 15.0. The largest absolute Gasteiger partial charge is 0.298 e. The van der Waals surface area contributed by atoms with Crippen LogP contribution < -0.4 is 0 Å². The fraction of sp³-hybridized carbons (Fsp3) is 0.357. The molecule has 0 N–H and O–H groups in total. The fourth-order valence-corrected chi connectivity index (χ4v) is 4.28. The molecule has 0 spiro atoms. The highest BCUT2D eigenvalue weighted by atomic mass is 32.2. The van der Waals surface area contributed by atoms with Gasteiger partial charge in [0.05, 0.1) is 23.1 Å². The van der Waals surface area contributed by atoms with Gasteiger partial charge in [-0.15, -0.1) is 0 Å². The number of aryl methyl sites for hydroxylation is 1. The van der Waals surface area contributed by atoms with Gasteiger partial charge in [0.2, 0.25) is 0 Å². The smallest absolute Gasteiger partial charge is 0.153 e. The molecule has 3 rings (SSSR count). The highest BCUT2D eigenvalue weighted by Crippen LogP contribution is 2.27. The maximum Gasteiger partial charge on any atom is 0.153 e. The van der Waals surface area contributed by atoms with Crippen molar-refractivity contribution in [1.82, 2.24) is 14.8 Å². The number of carbonyl (C=O) groups excluding carboxylic acids is 1. The van der Waals surface area contributed by atoms with Crippen molar-refractivity contribution in [2.24, 2.45) is 0 Å². The van der Waals surface area contributed by atoms with Gasteiger partial charge in [-0.3, -0.25) is 14.5 Å². The maximum atomic E-state index is 11.6. The van der Waals surface area contributed by atoms with E-state index in [0.29, 0.717) is 17.7 Å². The van der Waals surface area contributed by atoms with E-state index in [0.717, 1.165) is 17.4 Å². The first-order chi connectivity index (χ1) is 9.98. The lowest BCUT2D eigenvalue weighted by molar-refractivity contribution is 0.112. The average molecular weight is 305 g/mol. The van der Waals surface area contributed by atoms with Gasteiger partial charge < -0.3 is 0 Å². The van der Waals surface area contributed by atoms with Gasteiger partial charge >= 0.3 is 0 Å². The summed E-state index contributed by atoms with van der Waals surface area (Å²) in [6, 6.07) is 1.71. The standard InChI is InChI=1S/C14H15N3O3S/c1-10-4-11(6-15-5-10)14-12(8-18)7-17(16-14)13-2-3-21(19,20)9-13/h4-8,13H,2-3,9H2,1H3. The minimum absolute atomic E-state index is 0.0818. The van der Waals surface area contributed by atoms with Crippen LogP contribution in [0, 0.1) is 6.92 Å². The van der Waals surface area contributed by atoms with E-state index in [-0.39, 0.29) is 17.5 Å². The van der Waals surface area contributed by atoms with Crippen molar-refractivity contribution in [3.05, 3.63) is 35.8 Å². The van der Waals surface area contributed by atoms with E-state index < -0.39 is 9.84 Å². The molecule has 0 amide bonds. The number of nitrogens with zero attached hydrogens (tertiary/aromatic N) is 3. The Balaban J connectivity index is 2.01. The van der Waals surface area contributed by atoms with E-state index in [4.69, 9.17) is 0 Å². The highest BCUT2D eigenvalue weighted by Gasteiger charge is 2.30. The third kappa shape index (κ3) is 2.73. The van der Waals surface area contributed by atoms with Crippen LogP contribution in [0.4, 0.5) is 0 Å². The molecule has 2 aromatic heterocycles. The van der Waals surface area contributed by atoms with Gasteiger partial charge in [0, 0.05) is 24.2 Å². The van der Waals surface area contributed by atoms with Gasteiger partial charge in [0.15, 0.2) is 16.1 Å². The molecule has 1 atom stereocenters. The molecule has 0 aromatic carbocycles. The Morgan fingerprint density at radius 2 is 2.19 bits per heavy atom. The van der Waals surface area contributed by atoms with Crippen molar-refractivity contribution < 1.29 is 13.2 Å². The van der Waals surface area contributed by atoms with E-state index >= 15 is 0 Å². The van der Waals surface area contributed by atoms with Crippen molar-refractivity contribution >= 4 is 16.1 Å². The second-order valence-electron chi connectivity index (χ2n) is 5.34. The van der Waals surface area contributed by atoms with Gasteiger partial charge in [0.25, 0.3) is 0 Å². The van der Waals surface area contributed by atoms with Crippen LogP contribution in [0.15, 0.2) is 24.7 Å². The summed E-state index contributed by atoms with van der Waals surface area (Å²) in [5.41, 5.74) is 2.73. The molecule has 0 radical (unpaired) electrons. The maximum absolute atomic E-state index is 11.6. The average Bonchev–Trinajstić information content (AvgIpc) is 3.01. The summed E-state index contributed by atoms with van der Waals surface area (Å²) < 4.78 is 24.7. The molecule has 0 saturated carbocycles. The topological polar surface area (TPSA) is 81.9 Å². The van der Waals surface area contributed by atoms with Gasteiger partial charge in [-0.25, -0.2) is 8.42 Å². The van der Waals surface area contributed by atoms with Crippen LogP contribution in [0.5, 0.6) is 0 Å². The first-order valence-corrected chi connectivity index (χ1v) is 8.47. The predicted molar refractivity (Wildman–Crippen MR) is 77.9 cm³/mol. The van der Waals surface area contributed by atoms with Crippen LogP contribution >= 0.6 is 0 Å². The summed E-state index contributed by atoms with van der Waals surface area (Å²) >= 11 is 0. The van der Waals surface area contributed by atoms with Crippen molar-refractivity contribution in [1.29, 1.82) is 0 Å². The van der Waals surface area contributed by atoms with Crippen molar-refractivity contribution in [2.45, 2.75) is 19.4 Å². The van der Waals surface area contributed by atoms with Crippen LogP contribution in [0.2, 0.25) is 0 Å². The van der Waals surface area contributed by atoms with Crippen LogP contribution in [-0.4, -0.2) is 41.0 Å². The first-order valence-electron chi connectivity index (χ1n) is 6.65. The third-order valence-corrected chi connectivity index (χ3v) is 5.37. The molecule has 1 aliphatic heterocycles. The van der Waals surface area contributed by atoms with Gasteiger partial charge in [-0.1, -0.05) is 0 Å². The van der Waals surface area contributed by atoms with E-state index in [1.165, 1.54) is 0 Å².